The summed E-state index contributed by atoms with van der Waals surface area (Å²) >= 11 is 1.61. The number of anilines is 2. The first-order valence-electron chi connectivity index (χ1n) is 6.74. The van der Waals surface area contributed by atoms with Crippen molar-refractivity contribution in [1.29, 1.82) is 0 Å². The molecule has 4 rings (SSSR count). The number of pyridine rings is 1. The van der Waals surface area contributed by atoms with Crippen molar-refractivity contribution in [3.8, 4) is 11.4 Å². The molecule has 2 N–H and O–H groups in total. The quantitative estimate of drug-likeness (QED) is 0.605. The lowest BCUT2D eigenvalue weighted by atomic mass is 10.2. The molecular formula is C15H12N6S. The molecule has 4 aromatic rings. The largest absolute Gasteiger partial charge is 0.324 e. The van der Waals surface area contributed by atoms with Crippen molar-refractivity contribution < 1.29 is 0 Å². The molecule has 0 aliphatic carbocycles. The molecule has 0 aliphatic heterocycles. The van der Waals surface area contributed by atoms with Crippen LogP contribution in [0.4, 0.5) is 11.6 Å². The molecule has 0 saturated heterocycles. The van der Waals surface area contributed by atoms with Gasteiger partial charge in [0.1, 0.15) is 5.82 Å². The van der Waals surface area contributed by atoms with Gasteiger partial charge in [-0.3, -0.25) is 10.1 Å². The maximum atomic E-state index is 4.66. The number of aromatic amines is 1. The van der Waals surface area contributed by atoms with Gasteiger partial charge in [0, 0.05) is 24.0 Å². The Labute approximate surface area is 130 Å². The molecule has 22 heavy (non-hydrogen) atoms. The lowest BCUT2D eigenvalue weighted by molar-refractivity contribution is 1.05. The first-order chi connectivity index (χ1) is 10.8. The molecule has 0 bridgehead atoms. The Morgan fingerprint density at radius 1 is 1.14 bits per heavy atom. The van der Waals surface area contributed by atoms with Gasteiger partial charge >= 0.3 is 0 Å². The molecule has 0 aliphatic rings. The number of nitrogens with zero attached hydrogens (tertiary/aromatic N) is 4. The molecule has 0 amide bonds. The highest BCUT2D eigenvalue weighted by molar-refractivity contribution is 7.17. The van der Waals surface area contributed by atoms with Crippen molar-refractivity contribution in [3.63, 3.8) is 0 Å². The molecule has 0 atom stereocenters. The highest BCUT2D eigenvalue weighted by Gasteiger charge is 2.11. The van der Waals surface area contributed by atoms with Crippen LogP contribution in [0.1, 0.15) is 5.69 Å². The number of nitrogens with one attached hydrogen (secondary N) is 2. The highest BCUT2D eigenvalue weighted by Crippen LogP contribution is 2.30. The molecule has 0 spiro atoms. The van der Waals surface area contributed by atoms with Gasteiger partial charge in [-0.1, -0.05) is 0 Å². The molecule has 0 saturated carbocycles. The fourth-order valence-electron chi connectivity index (χ4n) is 2.19. The second kappa shape index (κ2) is 5.19. The van der Waals surface area contributed by atoms with E-state index in [1.807, 2.05) is 36.6 Å². The summed E-state index contributed by atoms with van der Waals surface area (Å²) in [4.78, 5) is 13.3. The van der Waals surface area contributed by atoms with Gasteiger partial charge in [-0.05, 0) is 30.5 Å². The topological polar surface area (TPSA) is 79.4 Å². The molecule has 0 unspecified atom stereocenters. The summed E-state index contributed by atoms with van der Waals surface area (Å²) in [5.74, 6) is 2.26. The van der Waals surface area contributed by atoms with Crippen molar-refractivity contribution in [2.24, 2.45) is 0 Å². The van der Waals surface area contributed by atoms with Crippen molar-refractivity contribution in [3.05, 3.63) is 47.7 Å². The van der Waals surface area contributed by atoms with Crippen LogP contribution in [0.15, 0.2) is 42.0 Å². The van der Waals surface area contributed by atoms with Crippen LogP contribution >= 0.6 is 11.3 Å². The van der Waals surface area contributed by atoms with E-state index in [-0.39, 0.29) is 0 Å². The van der Waals surface area contributed by atoms with E-state index in [4.69, 9.17) is 0 Å². The van der Waals surface area contributed by atoms with Crippen LogP contribution in [0.25, 0.3) is 21.6 Å². The summed E-state index contributed by atoms with van der Waals surface area (Å²) in [6.45, 7) is 1.94. The van der Waals surface area contributed by atoms with Crippen LogP contribution < -0.4 is 5.32 Å². The van der Waals surface area contributed by atoms with Gasteiger partial charge in [0.15, 0.2) is 11.6 Å². The van der Waals surface area contributed by atoms with E-state index in [2.05, 4.69) is 30.5 Å². The fraction of sp³-hybridized carbons (Fsp3) is 0.0667. The van der Waals surface area contributed by atoms with Gasteiger partial charge in [-0.25, -0.2) is 9.97 Å². The van der Waals surface area contributed by atoms with Gasteiger partial charge in [-0.15, -0.1) is 11.3 Å². The zero-order valence-electron chi connectivity index (χ0n) is 11.7. The average molecular weight is 308 g/mol. The van der Waals surface area contributed by atoms with Crippen molar-refractivity contribution in [2.45, 2.75) is 6.92 Å². The molecule has 7 heteroatoms. The van der Waals surface area contributed by atoms with E-state index in [1.54, 1.807) is 23.7 Å². The maximum absolute atomic E-state index is 4.66. The number of aryl methyl sites for hydroxylation is 1. The summed E-state index contributed by atoms with van der Waals surface area (Å²) in [5, 5.41) is 12.4. The standard InChI is InChI=1S/C15H12N6S/c1-9-8-12(21-20-9)18-15-13-11(4-7-22-13)17-14(19-15)10-2-5-16-6-3-10/h2-8H,1H3,(H2,17,18,19,20,21). The van der Waals surface area contributed by atoms with E-state index < -0.39 is 0 Å². The molecule has 0 aromatic carbocycles. The van der Waals surface area contributed by atoms with Gasteiger partial charge < -0.3 is 5.32 Å². The Morgan fingerprint density at radius 2 is 2.00 bits per heavy atom. The van der Waals surface area contributed by atoms with Crippen molar-refractivity contribution >= 4 is 33.2 Å². The number of rotatable bonds is 3. The summed E-state index contributed by atoms with van der Waals surface area (Å²) in [6.07, 6.45) is 3.48. The maximum Gasteiger partial charge on any atom is 0.162 e. The Bertz CT molecular complexity index is 928. The minimum Gasteiger partial charge on any atom is -0.324 e. The Kier molecular flexibility index (Phi) is 3.05. The van der Waals surface area contributed by atoms with E-state index in [0.717, 1.165) is 33.1 Å². The van der Waals surface area contributed by atoms with Crippen LogP contribution in [-0.4, -0.2) is 25.1 Å². The number of fused-ring (bicyclic) bond motifs is 1. The smallest absolute Gasteiger partial charge is 0.162 e. The third-order valence-corrected chi connectivity index (χ3v) is 4.11. The number of thiophene rings is 1. The average Bonchev–Trinajstić information content (AvgIpc) is 3.17. The summed E-state index contributed by atoms with van der Waals surface area (Å²) in [6, 6.07) is 7.73. The minimum absolute atomic E-state index is 0.673. The van der Waals surface area contributed by atoms with Crippen LogP contribution in [0.5, 0.6) is 0 Å². The predicted molar refractivity (Wildman–Crippen MR) is 87.3 cm³/mol. The number of hydrogen-bond donors (Lipinski definition) is 2. The SMILES string of the molecule is Cc1cc(Nc2nc(-c3ccncc3)nc3ccsc23)[nH]n1. The number of H-pyrrole nitrogens is 1. The zero-order chi connectivity index (χ0) is 14.9. The van der Waals surface area contributed by atoms with Crippen LogP contribution in [0.3, 0.4) is 0 Å². The number of hydrogen-bond acceptors (Lipinski definition) is 6. The third-order valence-electron chi connectivity index (χ3n) is 3.20. The van der Waals surface area contributed by atoms with Crippen molar-refractivity contribution in [1.82, 2.24) is 25.1 Å². The Morgan fingerprint density at radius 3 is 2.77 bits per heavy atom. The van der Waals surface area contributed by atoms with Gasteiger partial charge in [0.2, 0.25) is 0 Å². The molecular weight excluding hydrogens is 296 g/mol. The molecule has 6 nitrogen and oxygen atoms in total. The van der Waals surface area contributed by atoms with Gasteiger partial charge in [0.05, 0.1) is 15.9 Å². The number of aromatic nitrogens is 5. The summed E-state index contributed by atoms with van der Waals surface area (Å²) in [5.41, 5.74) is 2.78. The summed E-state index contributed by atoms with van der Waals surface area (Å²) in [7, 11) is 0. The lowest BCUT2D eigenvalue weighted by Gasteiger charge is -2.07. The normalized spacial score (nSPS) is 11.0. The minimum atomic E-state index is 0.673. The first kappa shape index (κ1) is 12.9. The van der Waals surface area contributed by atoms with E-state index in [9.17, 15) is 0 Å². The monoisotopic (exact) mass is 308 g/mol. The molecule has 0 fully saturated rings. The van der Waals surface area contributed by atoms with Gasteiger partial charge in [-0.2, -0.15) is 5.10 Å². The second-order valence-corrected chi connectivity index (χ2v) is 5.73. The predicted octanol–water partition coefficient (Wildman–Crippen LogP) is 3.53. The summed E-state index contributed by atoms with van der Waals surface area (Å²) < 4.78 is 1.02. The van der Waals surface area contributed by atoms with Crippen molar-refractivity contribution in [2.75, 3.05) is 5.32 Å². The molecule has 4 heterocycles. The van der Waals surface area contributed by atoms with Crippen LogP contribution in [0.2, 0.25) is 0 Å². The van der Waals surface area contributed by atoms with Crippen LogP contribution in [0, 0.1) is 6.92 Å². The molecule has 0 radical (unpaired) electrons. The fourth-order valence-corrected chi connectivity index (χ4v) is 2.97. The lowest BCUT2D eigenvalue weighted by Crippen LogP contribution is -1.98. The van der Waals surface area contributed by atoms with E-state index >= 15 is 0 Å². The zero-order valence-corrected chi connectivity index (χ0v) is 12.6. The second-order valence-electron chi connectivity index (χ2n) is 4.81. The highest BCUT2D eigenvalue weighted by atomic mass is 32.1. The Hall–Kier alpha value is -2.80. The van der Waals surface area contributed by atoms with Gasteiger partial charge in [0.25, 0.3) is 0 Å². The molecule has 4 aromatic heterocycles. The van der Waals surface area contributed by atoms with E-state index in [1.165, 1.54) is 0 Å². The van der Waals surface area contributed by atoms with E-state index in [0.29, 0.717) is 5.82 Å². The van der Waals surface area contributed by atoms with Crippen LogP contribution in [-0.2, 0) is 0 Å². The third kappa shape index (κ3) is 2.31. The first-order valence-corrected chi connectivity index (χ1v) is 7.62. The molecule has 108 valence electrons. The Balaban J connectivity index is 1.84.